The van der Waals surface area contributed by atoms with Crippen LogP contribution >= 0.6 is 11.3 Å². The second-order valence-electron chi connectivity index (χ2n) is 6.90. The van der Waals surface area contributed by atoms with Crippen molar-refractivity contribution in [2.75, 3.05) is 18.0 Å². The molecular formula is C22H25N2S+. The van der Waals surface area contributed by atoms with Crippen LogP contribution in [0.3, 0.4) is 0 Å². The lowest BCUT2D eigenvalue weighted by Gasteiger charge is -2.28. The zero-order chi connectivity index (χ0) is 17.2. The third-order valence-electron chi connectivity index (χ3n) is 5.12. The van der Waals surface area contributed by atoms with E-state index in [0.717, 1.165) is 0 Å². The van der Waals surface area contributed by atoms with Gasteiger partial charge in [-0.05, 0) is 55.5 Å². The Bertz CT molecular complexity index is 900. The Hall–Kier alpha value is -2.13. The lowest BCUT2D eigenvalue weighted by molar-refractivity contribution is -0.642. The molecule has 0 aliphatic carbocycles. The van der Waals surface area contributed by atoms with E-state index in [1.807, 2.05) is 11.3 Å². The second-order valence-corrected chi connectivity index (χ2v) is 7.93. The van der Waals surface area contributed by atoms with Crippen LogP contribution in [0, 0.1) is 6.92 Å². The number of fused-ring (bicyclic) bond motifs is 1. The molecule has 0 radical (unpaired) electrons. The molecule has 3 heteroatoms. The number of rotatable bonds is 3. The average Bonchev–Trinajstić information content (AvgIpc) is 2.99. The second kappa shape index (κ2) is 7.01. The van der Waals surface area contributed by atoms with Gasteiger partial charge in [0.2, 0.25) is 5.52 Å². The van der Waals surface area contributed by atoms with Gasteiger partial charge in [0.25, 0.3) is 5.01 Å². The van der Waals surface area contributed by atoms with Crippen molar-refractivity contribution in [2.45, 2.75) is 26.2 Å². The highest BCUT2D eigenvalue weighted by atomic mass is 32.1. The van der Waals surface area contributed by atoms with Crippen LogP contribution in [0.4, 0.5) is 5.69 Å². The summed E-state index contributed by atoms with van der Waals surface area (Å²) >= 11 is 1.86. The van der Waals surface area contributed by atoms with E-state index in [2.05, 4.69) is 78.1 Å². The molecule has 0 bridgehead atoms. The summed E-state index contributed by atoms with van der Waals surface area (Å²) in [5.74, 6) is 0. The smallest absolute Gasteiger partial charge is 0.262 e. The predicted octanol–water partition coefficient (Wildman–Crippen LogP) is 5.19. The standard InChI is InChI=1S/C22H25N2S/c1-17-7-6-8-20-22(17)25-21(23(20)2)14-11-18-9-12-19(13-10-18)24-15-4-3-5-16-24/h6-14H,3-5,15-16H2,1-2H3/q+1. The molecule has 3 aromatic rings. The van der Waals surface area contributed by atoms with Gasteiger partial charge in [0, 0.05) is 30.9 Å². The quantitative estimate of drug-likeness (QED) is 0.590. The molecule has 4 rings (SSSR count). The Labute approximate surface area is 154 Å². The first-order valence-corrected chi connectivity index (χ1v) is 9.95. The molecule has 2 nitrogen and oxygen atoms in total. The van der Waals surface area contributed by atoms with Crippen LogP contribution in [0.5, 0.6) is 0 Å². The minimum Gasteiger partial charge on any atom is -0.372 e. The zero-order valence-corrected chi connectivity index (χ0v) is 15.9. The summed E-state index contributed by atoms with van der Waals surface area (Å²) in [6, 6.07) is 15.5. The molecule has 1 saturated heterocycles. The first-order chi connectivity index (χ1) is 12.2. The first kappa shape index (κ1) is 16.3. The SMILES string of the molecule is Cc1cccc2c1sc(C=Cc1ccc(N3CCCCC3)cc1)[n+]2C. The van der Waals surface area contributed by atoms with E-state index < -0.39 is 0 Å². The third kappa shape index (κ3) is 3.34. The van der Waals surface area contributed by atoms with Crippen LogP contribution < -0.4 is 9.47 Å². The number of aromatic nitrogens is 1. The molecule has 1 fully saturated rings. The van der Waals surface area contributed by atoms with E-state index in [4.69, 9.17) is 0 Å². The molecule has 0 atom stereocenters. The zero-order valence-electron chi connectivity index (χ0n) is 15.0. The highest BCUT2D eigenvalue weighted by molar-refractivity contribution is 7.19. The molecular weight excluding hydrogens is 324 g/mol. The number of aryl methyl sites for hydroxylation is 2. The van der Waals surface area contributed by atoms with E-state index in [0.29, 0.717) is 0 Å². The molecule has 1 aliphatic heterocycles. The topological polar surface area (TPSA) is 7.12 Å². The fourth-order valence-electron chi connectivity index (χ4n) is 3.59. The van der Waals surface area contributed by atoms with Gasteiger partial charge in [-0.2, -0.15) is 4.57 Å². The molecule has 0 spiro atoms. The minimum absolute atomic E-state index is 1.20. The number of nitrogens with zero attached hydrogens (tertiary/aromatic N) is 2. The predicted molar refractivity (Wildman–Crippen MR) is 109 cm³/mol. The lowest BCUT2D eigenvalue weighted by Crippen LogP contribution is -2.29. The van der Waals surface area contributed by atoms with Gasteiger partial charge in [0.15, 0.2) is 0 Å². The van der Waals surface area contributed by atoms with Crippen molar-refractivity contribution in [3.63, 3.8) is 0 Å². The molecule has 128 valence electrons. The van der Waals surface area contributed by atoms with Crippen molar-refractivity contribution in [2.24, 2.45) is 7.05 Å². The molecule has 0 amide bonds. The van der Waals surface area contributed by atoms with Crippen molar-refractivity contribution < 1.29 is 4.57 Å². The molecule has 2 aromatic carbocycles. The van der Waals surface area contributed by atoms with Crippen molar-refractivity contribution in [3.8, 4) is 0 Å². The van der Waals surface area contributed by atoms with Crippen LogP contribution in [0.15, 0.2) is 42.5 Å². The number of anilines is 1. The van der Waals surface area contributed by atoms with Gasteiger partial charge in [0.1, 0.15) is 11.7 Å². The summed E-state index contributed by atoms with van der Waals surface area (Å²) in [5, 5.41) is 1.28. The Morgan fingerprint density at radius 1 is 0.960 bits per heavy atom. The van der Waals surface area contributed by atoms with Crippen molar-refractivity contribution in [1.29, 1.82) is 0 Å². The summed E-state index contributed by atoms with van der Waals surface area (Å²) in [6.07, 6.45) is 8.48. The van der Waals surface area contributed by atoms with Crippen molar-refractivity contribution in [3.05, 3.63) is 58.6 Å². The molecule has 2 heterocycles. The Kier molecular flexibility index (Phi) is 4.58. The van der Waals surface area contributed by atoms with Gasteiger partial charge < -0.3 is 4.90 Å². The third-order valence-corrected chi connectivity index (χ3v) is 6.48. The van der Waals surface area contributed by atoms with Gasteiger partial charge >= 0.3 is 0 Å². The Balaban J connectivity index is 1.55. The van der Waals surface area contributed by atoms with Crippen LogP contribution in [-0.4, -0.2) is 13.1 Å². The number of benzene rings is 2. The van der Waals surface area contributed by atoms with Crippen molar-refractivity contribution >= 4 is 39.4 Å². The fourth-order valence-corrected chi connectivity index (χ4v) is 4.71. The summed E-state index contributed by atoms with van der Waals surface area (Å²) in [6.45, 7) is 4.59. The number of hydrogen-bond donors (Lipinski definition) is 0. The van der Waals surface area contributed by atoms with Crippen LogP contribution in [0.2, 0.25) is 0 Å². The summed E-state index contributed by atoms with van der Waals surface area (Å²) in [7, 11) is 2.15. The van der Waals surface area contributed by atoms with Crippen LogP contribution in [0.25, 0.3) is 22.4 Å². The van der Waals surface area contributed by atoms with E-state index in [9.17, 15) is 0 Å². The van der Waals surface area contributed by atoms with Gasteiger partial charge in [0.05, 0.1) is 0 Å². The molecule has 0 N–H and O–H groups in total. The number of hydrogen-bond acceptors (Lipinski definition) is 2. The van der Waals surface area contributed by atoms with Gasteiger partial charge in [-0.15, -0.1) is 0 Å². The summed E-state index contributed by atoms with van der Waals surface area (Å²) < 4.78 is 3.66. The van der Waals surface area contributed by atoms with Gasteiger partial charge in [-0.25, -0.2) is 0 Å². The summed E-state index contributed by atoms with van der Waals surface area (Å²) in [4.78, 5) is 2.51. The fraction of sp³-hybridized carbons (Fsp3) is 0.318. The minimum atomic E-state index is 1.20. The van der Waals surface area contributed by atoms with E-state index >= 15 is 0 Å². The largest absolute Gasteiger partial charge is 0.372 e. The monoisotopic (exact) mass is 349 g/mol. The van der Waals surface area contributed by atoms with Crippen LogP contribution in [0.1, 0.15) is 35.4 Å². The van der Waals surface area contributed by atoms with Gasteiger partial charge in [-0.3, -0.25) is 0 Å². The van der Waals surface area contributed by atoms with Crippen molar-refractivity contribution in [1.82, 2.24) is 0 Å². The maximum Gasteiger partial charge on any atom is 0.262 e. The summed E-state index contributed by atoms with van der Waals surface area (Å²) in [5.41, 5.74) is 5.28. The Morgan fingerprint density at radius 3 is 2.44 bits per heavy atom. The van der Waals surface area contributed by atoms with Gasteiger partial charge in [-0.1, -0.05) is 35.6 Å². The number of thiazole rings is 1. The van der Waals surface area contributed by atoms with E-state index in [1.165, 1.54) is 64.4 Å². The highest BCUT2D eigenvalue weighted by Gasteiger charge is 2.15. The maximum atomic E-state index is 2.51. The van der Waals surface area contributed by atoms with Crippen LogP contribution in [-0.2, 0) is 7.05 Å². The molecule has 25 heavy (non-hydrogen) atoms. The first-order valence-electron chi connectivity index (χ1n) is 9.13. The highest BCUT2D eigenvalue weighted by Crippen LogP contribution is 2.25. The maximum absolute atomic E-state index is 2.51. The molecule has 1 aliphatic rings. The molecule has 1 aromatic heterocycles. The molecule has 0 unspecified atom stereocenters. The van der Waals surface area contributed by atoms with E-state index in [1.54, 1.807) is 0 Å². The average molecular weight is 350 g/mol. The van der Waals surface area contributed by atoms with E-state index in [-0.39, 0.29) is 0 Å². The molecule has 0 saturated carbocycles. The normalized spacial score (nSPS) is 15.4. The Morgan fingerprint density at radius 2 is 1.72 bits per heavy atom. The lowest BCUT2D eigenvalue weighted by atomic mass is 10.1. The number of piperidine rings is 1.